The summed E-state index contributed by atoms with van der Waals surface area (Å²) in [5.41, 5.74) is 0. The Balaban J connectivity index is 1.95. The van der Waals surface area contributed by atoms with Gasteiger partial charge in [-0.05, 0) is 36.6 Å². The van der Waals surface area contributed by atoms with E-state index in [9.17, 15) is 5.11 Å². The Morgan fingerprint density at radius 1 is 1.50 bits per heavy atom. The first-order valence-electron chi connectivity index (χ1n) is 4.56. The average molecular weight is 182 g/mol. The molecule has 0 spiro atoms. The molecule has 0 unspecified atom stereocenters. The van der Waals surface area contributed by atoms with Gasteiger partial charge in [0.05, 0.1) is 6.10 Å². The van der Waals surface area contributed by atoms with Crippen LogP contribution in [0.2, 0.25) is 0 Å². The van der Waals surface area contributed by atoms with Gasteiger partial charge in [0.2, 0.25) is 0 Å². The lowest BCUT2D eigenvalue weighted by molar-refractivity contribution is 0.133. The summed E-state index contributed by atoms with van der Waals surface area (Å²) >= 11 is 1.80. The lowest BCUT2D eigenvalue weighted by Gasteiger charge is -2.12. The highest BCUT2D eigenvalue weighted by atomic mass is 32.1. The summed E-state index contributed by atoms with van der Waals surface area (Å²) in [7, 11) is 0. The monoisotopic (exact) mass is 182 g/mol. The van der Waals surface area contributed by atoms with Crippen molar-refractivity contribution in [3.05, 3.63) is 22.4 Å². The second-order valence-corrected chi connectivity index (χ2v) is 4.57. The van der Waals surface area contributed by atoms with Crippen molar-refractivity contribution >= 4 is 11.3 Å². The Kier molecular flexibility index (Phi) is 2.47. The van der Waals surface area contributed by atoms with Gasteiger partial charge in [-0.3, -0.25) is 0 Å². The predicted molar refractivity (Wildman–Crippen MR) is 51.4 cm³/mol. The lowest BCUT2D eigenvalue weighted by atomic mass is 10.0. The summed E-state index contributed by atoms with van der Waals surface area (Å²) in [5.74, 6) is 0.531. The van der Waals surface area contributed by atoms with Gasteiger partial charge >= 0.3 is 0 Å². The zero-order valence-corrected chi connectivity index (χ0v) is 7.89. The molecule has 2 rings (SSSR count). The fraction of sp³-hybridized carbons (Fsp3) is 0.600. The molecule has 1 aliphatic rings. The van der Waals surface area contributed by atoms with E-state index in [1.54, 1.807) is 11.3 Å². The molecule has 1 nitrogen and oxygen atoms in total. The van der Waals surface area contributed by atoms with E-state index < -0.39 is 0 Å². The molecule has 66 valence electrons. The quantitative estimate of drug-likeness (QED) is 0.745. The molecule has 1 N–H and O–H groups in total. The molecule has 0 bridgehead atoms. The summed E-state index contributed by atoms with van der Waals surface area (Å²) in [5, 5.41) is 11.7. The van der Waals surface area contributed by atoms with Gasteiger partial charge in [-0.2, -0.15) is 0 Å². The van der Waals surface area contributed by atoms with E-state index in [0.717, 1.165) is 12.8 Å². The third-order valence-electron chi connectivity index (χ3n) is 2.66. The van der Waals surface area contributed by atoms with Crippen molar-refractivity contribution in [3.8, 4) is 0 Å². The Bertz CT molecular complexity index is 230. The third-order valence-corrected chi connectivity index (χ3v) is 3.56. The van der Waals surface area contributed by atoms with Gasteiger partial charge in [0.1, 0.15) is 0 Å². The van der Waals surface area contributed by atoms with Crippen LogP contribution in [0.5, 0.6) is 0 Å². The van der Waals surface area contributed by atoms with Crippen LogP contribution in [0.4, 0.5) is 0 Å². The van der Waals surface area contributed by atoms with E-state index >= 15 is 0 Å². The van der Waals surface area contributed by atoms with Crippen LogP contribution in [0.3, 0.4) is 0 Å². The molecule has 0 radical (unpaired) electrons. The molecule has 1 fully saturated rings. The maximum atomic E-state index is 9.59. The summed E-state index contributed by atoms with van der Waals surface area (Å²) in [6.07, 6.45) is 4.47. The van der Waals surface area contributed by atoms with E-state index in [0.29, 0.717) is 5.92 Å². The molecule has 0 amide bonds. The van der Waals surface area contributed by atoms with Gasteiger partial charge < -0.3 is 5.11 Å². The summed E-state index contributed by atoms with van der Waals surface area (Å²) in [6, 6.07) is 4.25. The van der Waals surface area contributed by atoms with E-state index in [2.05, 4.69) is 17.5 Å². The molecule has 2 heteroatoms. The number of aliphatic hydroxyl groups is 1. The van der Waals surface area contributed by atoms with Crippen molar-refractivity contribution in [1.29, 1.82) is 0 Å². The zero-order valence-electron chi connectivity index (χ0n) is 7.07. The topological polar surface area (TPSA) is 20.2 Å². The molecule has 12 heavy (non-hydrogen) atoms. The van der Waals surface area contributed by atoms with E-state index in [1.807, 2.05) is 0 Å². The highest BCUT2D eigenvalue weighted by Crippen LogP contribution is 2.29. The molecular formula is C10H14OS. The minimum absolute atomic E-state index is 0.0351. The second kappa shape index (κ2) is 3.58. The summed E-state index contributed by atoms with van der Waals surface area (Å²) < 4.78 is 0. The van der Waals surface area contributed by atoms with Crippen molar-refractivity contribution in [2.45, 2.75) is 31.8 Å². The van der Waals surface area contributed by atoms with Crippen molar-refractivity contribution in [3.63, 3.8) is 0 Å². The molecule has 1 aliphatic carbocycles. The Labute approximate surface area is 77.0 Å². The van der Waals surface area contributed by atoms with Crippen LogP contribution in [0.15, 0.2) is 17.5 Å². The number of rotatable bonds is 2. The van der Waals surface area contributed by atoms with Gasteiger partial charge in [0, 0.05) is 4.88 Å². The molecule has 0 saturated heterocycles. The number of thiophene rings is 1. The first-order valence-corrected chi connectivity index (χ1v) is 5.44. The van der Waals surface area contributed by atoms with E-state index in [4.69, 9.17) is 0 Å². The largest absolute Gasteiger partial charge is 0.393 e. The average Bonchev–Trinajstić information content (AvgIpc) is 2.65. The van der Waals surface area contributed by atoms with Gasteiger partial charge in [0.15, 0.2) is 0 Å². The molecule has 1 aromatic rings. The lowest BCUT2D eigenvalue weighted by Crippen LogP contribution is -2.14. The molecule has 1 heterocycles. The number of hydrogen-bond acceptors (Lipinski definition) is 2. The van der Waals surface area contributed by atoms with Crippen LogP contribution < -0.4 is 0 Å². The second-order valence-electron chi connectivity index (χ2n) is 3.54. The smallest absolute Gasteiger partial charge is 0.0571 e. The first kappa shape index (κ1) is 8.27. The van der Waals surface area contributed by atoms with Gasteiger partial charge in [-0.25, -0.2) is 0 Å². The van der Waals surface area contributed by atoms with Crippen molar-refractivity contribution in [2.24, 2.45) is 5.92 Å². The number of hydrogen-bond donors (Lipinski definition) is 1. The Morgan fingerprint density at radius 2 is 2.42 bits per heavy atom. The molecule has 1 saturated carbocycles. The zero-order chi connectivity index (χ0) is 8.39. The van der Waals surface area contributed by atoms with Crippen molar-refractivity contribution in [2.75, 3.05) is 0 Å². The maximum absolute atomic E-state index is 9.59. The van der Waals surface area contributed by atoms with Crippen LogP contribution in [0.1, 0.15) is 24.1 Å². The first-order chi connectivity index (χ1) is 5.86. The van der Waals surface area contributed by atoms with Crippen LogP contribution in [0.25, 0.3) is 0 Å². The van der Waals surface area contributed by atoms with E-state index in [1.165, 1.54) is 17.7 Å². The Hall–Kier alpha value is -0.340. The molecule has 2 atom stereocenters. The van der Waals surface area contributed by atoms with Gasteiger partial charge in [-0.1, -0.05) is 12.5 Å². The van der Waals surface area contributed by atoms with Crippen LogP contribution >= 0.6 is 11.3 Å². The minimum Gasteiger partial charge on any atom is -0.393 e. The maximum Gasteiger partial charge on any atom is 0.0571 e. The van der Waals surface area contributed by atoms with Crippen LogP contribution in [-0.4, -0.2) is 11.2 Å². The van der Waals surface area contributed by atoms with Crippen LogP contribution in [0, 0.1) is 5.92 Å². The summed E-state index contributed by atoms with van der Waals surface area (Å²) in [6.45, 7) is 0. The molecule has 0 aliphatic heterocycles. The predicted octanol–water partition coefficient (Wildman–Crippen LogP) is 2.45. The highest BCUT2D eigenvalue weighted by molar-refractivity contribution is 7.09. The van der Waals surface area contributed by atoms with E-state index in [-0.39, 0.29) is 6.10 Å². The standard InChI is InChI=1S/C10H14OS/c11-10-5-1-3-8(10)7-9-4-2-6-12-9/h2,4,6,8,10-11H,1,3,5,7H2/t8-,10+/m0/s1. The van der Waals surface area contributed by atoms with Gasteiger partial charge in [-0.15, -0.1) is 11.3 Å². The molecular weight excluding hydrogens is 168 g/mol. The highest BCUT2D eigenvalue weighted by Gasteiger charge is 2.25. The van der Waals surface area contributed by atoms with Gasteiger partial charge in [0.25, 0.3) is 0 Å². The normalized spacial score (nSPS) is 29.4. The minimum atomic E-state index is -0.0351. The Morgan fingerprint density at radius 3 is 3.00 bits per heavy atom. The molecule has 1 aromatic heterocycles. The molecule has 0 aromatic carbocycles. The fourth-order valence-corrected chi connectivity index (χ4v) is 2.74. The van der Waals surface area contributed by atoms with Crippen LogP contribution in [-0.2, 0) is 6.42 Å². The van der Waals surface area contributed by atoms with Crippen molar-refractivity contribution in [1.82, 2.24) is 0 Å². The third kappa shape index (κ3) is 1.70. The van der Waals surface area contributed by atoms with Crippen molar-refractivity contribution < 1.29 is 5.11 Å². The fourth-order valence-electron chi connectivity index (χ4n) is 1.94. The number of aliphatic hydroxyl groups excluding tert-OH is 1. The SMILES string of the molecule is O[C@@H]1CCC[C@H]1Cc1cccs1. The summed E-state index contributed by atoms with van der Waals surface area (Å²) in [4.78, 5) is 1.42.